The standard InChI is InChI=1S/C23H25N5O2/c1-27-12-14-28(15-13-27)22-11-10-21(25-26-22)18-6-5-7-19(16-18)24-23(29)17-30-20-8-3-2-4-9-20/h2-11,16H,12-15,17H2,1H3,(H,24,29)/p+1. The second kappa shape index (κ2) is 9.37. The molecule has 0 unspecified atom stereocenters. The number of likely N-dealkylation sites (N-methyl/N-ethyl adjacent to an activating group) is 1. The molecule has 1 amide bonds. The van der Waals surface area contributed by atoms with Crippen LogP contribution in [0.4, 0.5) is 11.5 Å². The van der Waals surface area contributed by atoms with Crippen molar-refractivity contribution in [3.05, 3.63) is 66.7 Å². The molecule has 3 aromatic rings. The van der Waals surface area contributed by atoms with E-state index in [0.717, 1.165) is 43.3 Å². The molecule has 2 N–H and O–H groups in total. The number of nitrogens with one attached hydrogen (secondary N) is 2. The first-order valence-corrected chi connectivity index (χ1v) is 10.2. The molecule has 0 radical (unpaired) electrons. The van der Waals surface area contributed by atoms with Gasteiger partial charge in [0.1, 0.15) is 5.75 Å². The average Bonchev–Trinajstić information content (AvgIpc) is 2.79. The maximum atomic E-state index is 12.2. The van der Waals surface area contributed by atoms with Crippen LogP contribution in [0.2, 0.25) is 0 Å². The molecule has 1 aliphatic rings. The molecule has 4 rings (SSSR count). The predicted molar refractivity (Wildman–Crippen MR) is 117 cm³/mol. The van der Waals surface area contributed by atoms with Crippen LogP contribution in [0.15, 0.2) is 66.7 Å². The molecule has 154 valence electrons. The summed E-state index contributed by atoms with van der Waals surface area (Å²) in [5.74, 6) is 1.36. The number of ether oxygens (including phenoxy) is 1. The summed E-state index contributed by atoms with van der Waals surface area (Å²) in [6.45, 7) is 4.16. The van der Waals surface area contributed by atoms with E-state index in [4.69, 9.17) is 4.74 Å². The van der Waals surface area contributed by atoms with Crippen LogP contribution < -0.4 is 19.9 Å². The third-order valence-corrected chi connectivity index (χ3v) is 5.15. The van der Waals surface area contributed by atoms with Crippen LogP contribution >= 0.6 is 0 Å². The number of nitrogens with zero attached hydrogens (tertiary/aromatic N) is 3. The number of para-hydroxylation sites is 1. The van der Waals surface area contributed by atoms with E-state index in [9.17, 15) is 4.79 Å². The third kappa shape index (κ3) is 5.12. The highest BCUT2D eigenvalue weighted by Gasteiger charge is 2.18. The normalized spacial score (nSPS) is 14.4. The molecule has 1 saturated heterocycles. The highest BCUT2D eigenvalue weighted by atomic mass is 16.5. The zero-order valence-corrected chi connectivity index (χ0v) is 17.0. The van der Waals surface area contributed by atoms with Gasteiger partial charge in [-0.2, -0.15) is 0 Å². The van der Waals surface area contributed by atoms with Gasteiger partial charge in [0.25, 0.3) is 5.91 Å². The molecule has 30 heavy (non-hydrogen) atoms. The van der Waals surface area contributed by atoms with Crippen LogP contribution in [0.1, 0.15) is 0 Å². The van der Waals surface area contributed by atoms with Crippen molar-refractivity contribution in [3.63, 3.8) is 0 Å². The van der Waals surface area contributed by atoms with E-state index in [2.05, 4.69) is 27.5 Å². The van der Waals surface area contributed by atoms with Crippen LogP contribution in [0.5, 0.6) is 5.75 Å². The maximum absolute atomic E-state index is 12.2. The highest BCUT2D eigenvalue weighted by Crippen LogP contribution is 2.22. The Morgan fingerprint density at radius 2 is 1.83 bits per heavy atom. The molecule has 2 heterocycles. The topological polar surface area (TPSA) is 71.8 Å². The number of quaternary nitrogens is 1. The van der Waals surface area contributed by atoms with E-state index < -0.39 is 0 Å². The van der Waals surface area contributed by atoms with Crippen molar-refractivity contribution < 1.29 is 14.4 Å². The molecule has 7 nitrogen and oxygen atoms in total. The van der Waals surface area contributed by atoms with Crippen LogP contribution in [-0.2, 0) is 4.79 Å². The van der Waals surface area contributed by atoms with E-state index in [1.54, 1.807) is 4.90 Å². The number of benzene rings is 2. The molecular weight excluding hydrogens is 378 g/mol. The lowest BCUT2D eigenvalue weighted by molar-refractivity contribution is -0.880. The molecule has 0 atom stereocenters. The van der Waals surface area contributed by atoms with Gasteiger partial charge in [0, 0.05) is 11.3 Å². The summed E-state index contributed by atoms with van der Waals surface area (Å²) in [4.78, 5) is 16.0. The molecule has 1 fully saturated rings. The molecule has 7 heteroatoms. The molecule has 0 saturated carbocycles. The summed E-state index contributed by atoms with van der Waals surface area (Å²) < 4.78 is 5.49. The summed E-state index contributed by atoms with van der Waals surface area (Å²) in [7, 11) is 2.21. The van der Waals surface area contributed by atoms with Gasteiger partial charge in [0.2, 0.25) is 0 Å². The van der Waals surface area contributed by atoms with Gasteiger partial charge < -0.3 is 19.9 Å². The fraction of sp³-hybridized carbons (Fsp3) is 0.261. The van der Waals surface area contributed by atoms with Crippen molar-refractivity contribution in [3.8, 4) is 17.0 Å². The SMILES string of the molecule is C[NH+]1CCN(c2ccc(-c3cccc(NC(=O)COc4ccccc4)c3)nn2)CC1. The van der Waals surface area contributed by atoms with Crippen LogP contribution in [0, 0.1) is 0 Å². The van der Waals surface area contributed by atoms with E-state index in [1.807, 2.05) is 66.7 Å². The monoisotopic (exact) mass is 404 g/mol. The van der Waals surface area contributed by atoms with Gasteiger partial charge >= 0.3 is 0 Å². The summed E-state index contributed by atoms with van der Waals surface area (Å²) >= 11 is 0. The summed E-state index contributed by atoms with van der Waals surface area (Å²) in [5, 5.41) is 11.7. The lowest BCUT2D eigenvalue weighted by Gasteiger charge is -2.30. The first kappa shape index (κ1) is 19.8. The number of aromatic nitrogens is 2. The van der Waals surface area contributed by atoms with Crippen molar-refractivity contribution in [2.24, 2.45) is 0 Å². The number of amides is 1. The molecule has 0 aliphatic carbocycles. The second-order valence-electron chi connectivity index (χ2n) is 7.45. The smallest absolute Gasteiger partial charge is 0.262 e. The van der Waals surface area contributed by atoms with E-state index >= 15 is 0 Å². The minimum Gasteiger partial charge on any atom is -0.484 e. The molecular formula is C23H26N5O2+. The lowest BCUT2D eigenvalue weighted by Crippen LogP contribution is -3.12. The van der Waals surface area contributed by atoms with Gasteiger partial charge in [-0.15, -0.1) is 10.2 Å². The summed E-state index contributed by atoms with van der Waals surface area (Å²) in [6.07, 6.45) is 0. The first-order valence-electron chi connectivity index (χ1n) is 10.2. The Bertz CT molecular complexity index is 970. The molecule has 0 bridgehead atoms. The van der Waals surface area contributed by atoms with E-state index in [0.29, 0.717) is 11.4 Å². The Balaban J connectivity index is 1.37. The lowest BCUT2D eigenvalue weighted by atomic mass is 10.1. The van der Waals surface area contributed by atoms with Gasteiger partial charge in [-0.3, -0.25) is 4.79 Å². The van der Waals surface area contributed by atoms with E-state index in [-0.39, 0.29) is 12.5 Å². The molecule has 1 aliphatic heterocycles. The molecule has 2 aromatic carbocycles. The van der Waals surface area contributed by atoms with Crippen molar-refractivity contribution in [1.29, 1.82) is 0 Å². The van der Waals surface area contributed by atoms with E-state index in [1.165, 1.54) is 0 Å². The van der Waals surface area contributed by atoms with Crippen molar-refractivity contribution in [2.75, 3.05) is 50.1 Å². The number of carbonyl (C=O) groups excluding carboxylic acids is 1. The van der Waals surface area contributed by atoms with Crippen molar-refractivity contribution >= 4 is 17.4 Å². The number of carbonyl (C=O) groups is 1. The average molecular weight is 404 g/mol. The zero-order chi connectivity index (χ0) is 20.8. The Labute approximate surface area is 176 Å². The molecule has 1 aromatic heterocycles. The van der Waals surface area contributed by atoms with Crippen molar-refractivity contribution in [1.82, 2.24) is 10.2 Å². The first-order chi connectivity index (χ1) is 14.7. The Morgan fingerprint density at radius 1 is 1.03 bits per heavy atom. The van der Waals surface area contributed by atoms with Gasteiger partial charge in [0.05, 0.1) is 38.9 Å². The summed E-state index contributed by atoms with van der Waals surface area (Å²) in [5.41, 5.74) is 2.37. The van der Waals surface area contributed by atoms with Crippen LogP contribution in [0.25, 0.3) is 11.3 Å². The number of hydrogen-bond acceptors (Lipinski definition) is 5. The number of piperazine rings is 1. The minimum atomic E-state index is -0.213. The number of hydrogen-bond donors (Lipinski definition) is 2. The van der Waals surface area contributed by atoms with Gasteiger partial charge in [-0.25, -0.2) is 0 Å². The number of anilines is 2. The van der Waals surface area contributed by atoms with Gasteiger partial charge in [-0.05, 0) is 36.4 Å². The largest absolute Gasteiger partial charge is 0.484 e. The fourth-order valence-electron chi connectivity index (χ4n) is 3.38. The van der Waals surface area contributed by atoms with Crippen molar-refractivity contribution in [2.45, 2.75) is 0 Å². The summed E-state index contributed by atoms with van der Waals surface area (Å²) in [6, 6.07) is 20.9. The minimum absolute atomic E-state index is 0.0461. The maximum Gasteiger partial charge on any atom is 0.262 e. The highest BCUT2D eigenvalue weighted by molar-refractivity contribution is 5.92. The second-order valence-corrected chi connectivity index (χ2v) is 7.45. The third-order valence-electron chi connectivity index (χ3n) is 5.15. The van der Waals surface area contributed by atoms with Crippen LogP contribution in [0.3, 0.4) is 0 Å². The Morgan fingerprint density at radius 3 is 2.57 bits per heavy atom. The molecule has 0 spiro atoms. The predicted octanol–water partition coefficient (Wildman–Crippen LogP) is 1.50. The Hall–Kier alpha value is -3.45. The van der Waals surface area contributed by atoms with Gasteiger partial charge in [-0.1, -0.05) is 30.3 Å². The fourth-order valence-corrected chi connectivity index (χ4v) is 3.38. The Kier molecular flexibility index (Phi) is 6.20. The zero-order valence-electron chi connectivity index (χ0n) is 17.0. The van der Waals surface area contributed by atoms with Gasteiger partial charge in [0.15, 0.2) is 12.4 Å². The number of rotatable bonds is 6. The quantitative estimate of drug-likeness (QED) is 0.652. The van der Waals surface area contributed by atoms with Crippen LogP contribution in [-0.4, -0.2) is 55.9 Å².